The van der Waals surface area contributed by atoms with Gasteiger partial charge in [-0.05, 0) is 35.8 Å². The van der Waals surface area contributed by atoms with Crippen molar-refractivity contribution < 1.29 is 5.11 Å². The molecular formula is C22H21NOS. The number of rotatable bonds is 6. The van der Waals surface area contributed by atoms with Crippen LogP contribution in [0.3, 0.4) is 0 Å². The summed E-state index contributed by atoms with van der Waals surface area (Å²) in [5, 5.41) is 13.4. The van der Waals surface area contributed by atoms with Gasteiger partial charge in [0.15, 0.2) is 5.05 Å². The van der Waals surface area contributed by atoms with Gasteiger partial charge in [0.25, 0.3) is 0 Å². The summed E-state index contributed by atoms with van der Waals surface area (Å²) in [6.07, 6.45) is 0. The van der Waals surface area contributed by atoms with Gasteiger partial charge in [-0.15, -0.1) is 0 Å². The van der Waals surface area contributed by atoms with Gasteiger partial charge in [-0.2, -0.15) is 0 Å². The first-order valence-electron chi connectivity index (χ1n) is 8.31. The molecule has 0 aliphatic carbocycles. The lowest BCUT2D eigenvalue weighted by molar-refractivity contribution is 0.422. The maximum atomic E-state index is 9.89. The van der Waals surface area contributed by atoms with Crippen LogP contribution >= 0.6 is 12.2 Å². The molecule has 0 unspecified atom stereocenters. The lowest BCUT2D eigenvalue weighted by Gasteiger charge is -2.39. The Bertz CT molecular complexity index is 722. The summed E-state index contributed by atoms with van der Waals surface area (Å²) in [5.41, 5.74) is 2.66. The number of hydrogen-bond acceptors (Lipinski definition) is 2. The average Bonchev–Trinajstić information content (AvgIpc) is 2.68. The number of hydrogen-bond donors (Lipinski definition) is 2. The van der Waals surface area contributed by atoms with E-state index in [0.717, 1.165) is 16.7 Å². The molecule has 0 aliphatic heterocycles. The Hall–Kier alpha value is -2.49. The summed E-state index contributed by atoms with van der Waals surface area (Å²) in [6.45, 7) is 1.88. The van der Waals surface area contributed by atoms with Crippen LogP contribution in [0.4, 0.5) is 0 Å². The van der Waals surface area contributed by atoms with Gasteiger partial charge in [0.05, 0.1) is 11.6 Å². The van der Waals surface area contributed by atoms with E-state index >= 15 is 0 Å². The van der Waals surface area contributed by atoms with Crippen molar-refractivity contribution in [3.05, 3.63) is 108 Å². The van der Waals surface area contributed by atoms with Crippen LogP contribution in [0.2, 0.25) is 0 Å². The van der Waals surface area contributed by atoms with Crippen LogP contribution < -0.4 is 5.32 Å². The second-order valence-corrected chi connectivity index (χ2v) is 6.47. The van der Waals surface area contributed by atoms with Gasteiger partial charge in [0.2, 0.25) is 0 Å². The van der Waals surface area contributed by atoms with E-state index in [0.29, 0.717) is 0 Å². The minimum Gasteiger partial charge on any atom is -0.501 e. The summed E-state index contributed by atoms with van der Waals surface area (Å²) in [7, 11) is 0. The number of nitrogens with one attached hydrogen (secondary N) is 1. The molecule has 3 aromatic rings. The van der Waals surface area contributed by atoms with E-state index in [9.17, 15) is 5.11 Å². The Labute approximate surface area is 154 Å². The molecule has 0 amide bonds. The van der Waals surface area contributed by atoms with Gasteiger partial charge in [0.1, 0.15) is 0 Å². The minimum atomic E-state index is -0.615. The van der Waals surface area contributed by atoms with E-state index in [1.807, 2.05) is 61.5 Å². The summed E-state index contributed by atoms with van der Waals surface area (Å²) in [5.74, 6) is 0. The predicted octanol–water partition coefficient (Wildman–Crippen LogP) is 4.84. The van der Waals surface area contributed by atoms with E-state index in [4.69, 9.17) is 12.2 Å². The van der Waals surface area contributed by atoms with Gasteiger partial charge in [-0.25, -0.2) is 0 Å². The van der Waals surface area contributed by atoms with Crippen molar-refractivity contribution in [2.45, 2.75) is 18.5 Å². The lowest BCUT2D eigenvalue weighted by atomic mass is 9.76. The van der Waals surface area contributed by atoms with Crippen LogP contribution in [0, 0.1) is 0 Å². The Morgan fingerprint density at radius 3 is 1.36 bits per heavy atom. The van der Waals surface area contributed by atoms with Crippen molar-refractivity contribution in [1.29, 1.82) is 0 Å². The molecule has 3 rings (SSSR count). The van der Waals surface area contributed by atoms with Crippen LogP contribution in [0.25, 0.3) is 0 Å². The number of benzene rings is 3. The summed E-state index contributed by atoms with van der Waals surface area (Å²) >= 11 is 5.03. The maximum Gasteiger partial charge on any atom is 0.173 e. The molecule has 0 aromatic heterocycles. The molecule has 25 heavy (non-hydrogen) atoms. The monoisotopic (exact) mass is 347 g/mol. The van der Waals surface area contributed by atoms with Crippen LogP contribution in [-0.4, -0.2) is 16.2 Å². The molecule has 0 saturated heterocycles. The quantitative estimate of drug-likeness (QED) is 0.494. The van der Waals surface area contributed by atoms with Gasteiger partial charge < -0.3 is 5.11 Å². The largest absolute Gasteiger partial charge is 0.501 e. The van der Waals surface area contributed by atoms with Crippen LogP contribution in [0.15, 0.2) is 91.0 Å². The standard InChI is InChI=1S/C22H21NOS/c1-17(21(24)25)23-22(18-11-5-2-6-12-18,19-13-7-3-8-14-19)20-15-9-4-10-16-20/h2-17,23H,1H3,(H,24,25)/t17-/m0/s1. The second-order valence-electron chi connectivity index (χ2n) is 6.05. The molecule has 0 spiro atoms. The molecule has 0 bridgehead atoms. The zero-order valence-corrected chi connectivity index (χ0v) is 14.9. The average molecular weight is 347 g/mol. The van der Waals surface area contributed by atoms with Crippen molar-refractivity contribution in [3.63, 3.8) is 0 Å². The normalized spacial score (nSPS) is 12.5. The third-order valence-electron chi connectivity index (χ3n) is 4.42. The van der Waals surface area contributed by atoms with E-state index in [1.165, 1.54) is 0 Å². The molecule has 1 atom stereocenters. The third kappa shape index (κ3) is 3.48. The van der Waals surface area contributed by atoms with Crippen molar-refractivity contribution >= 4 is 17.3 Å². The summed E-state index contributed by atoms with van der Waals surface area (Å²) in [6, 6.07) is 30.4. The number of thiocarbonyl (C=S) groups is 1. The highest BCUT2D eigenvalue weighted by molar-refractivity contribution is 7.80. The zero-order chi connectivity index (χ0) is 17.7. The van der Waals surface area contributed by atoms with Crippen molar-refractivity contribution in [3.8, 4) is 0 Å². The highest BCUT2D eigenvalue weighted by Crippen LogP contribution is 2.37. The molecule has 0 radical (unpaired) electrons. The first-order valence-corrected chi connectivity index (χ1v) is 8.72. The number of aliphatic hydroxyl groups excluding tert-OH is 1. The molecule has 126 valence electrons. The molecule has 0 aliphatic rings. The van der Waals surface area contributed by atoms with Gasteiger partial charge in [0, 0.05) is 0 Å². The first kappa shape index (κ1) is 17.3. The highest BCUT2D eigenvalue weighted by atomic mass is 32.1. The Kier molecular flexibility index (Phi) is 5.27. The number of aliphatic hydroxyl groups is 1. The molecule has 2 nitrogen and oxygen atoms in total. The molecule has 3 heteroatoms. The molecule has 3 aromatic carbocycles. The molecular weight excluding hydrogens is 326 g/mol. The van der Waals surface area contributed by atoms with Crippen molar-refractivity contribution in [2.75, 3.05) is 0 Å². The molecule has 0 heterocycles. The molecule has 2 N–H and O–H groups in total. The fourth-order valence-corrected chi connectivity index (χ4v) is 3.26. The maximum absolute atomic E-state index is 9.89. The Balaban J connectivity index is 2.29. The smallest absolute Gasteiger partial charge is 0.173 e. The summed E-state index contributed by atoms with van der Waals surface area (Å²) < 4.78 is 0. The van der Waals surface area contributed by atoms with E-state index in [-0.39, 0.29) is 11.1 Å². The van der Waals surface area contributed by atoms with Gasteiger partial charge in [-0.3, -0.25) is 5.32 Å². The van der Waals surface area contributed by atoms with E-state index in [2.05, 4.69) is 41.7 Å². The van der Waals surface area contributed by atoms with Crippen molar-refractivity contribution in [1.82, 2.24) is 5.32 Å². The SMILES string of the molecule is C[C@H](NC(c1ccccc1)(c1ccccc1)c1ccccc1)C(O)=S. The predicted molar refractivity (Wildman–Crippen MR) is 107 cm³/mol. The Morgan fingerprint density at radius 1 is 0.760 bits per heavy atom. The van der Waals surface area contributed by atoms with E-state index in [1.54, 1.807) is 0 Å². The fourth-order valence-electron chi connectivity index (χ4n) is 3.20. The molecule has 0 fully saturated rings. The fraction of sp³-hybridized carbons (Fsp3) is 0.136. The topological polar surface area (TPSA) is 32.3 Å². The minimum absolute atomic E-state index is 0.0489. The van der Waals surface area contributed by atoms with Gasteiger partial charge >= 0.3 is 0 Å². The summed E-state index contributed by atoms with van der Waals surface area (Å²) in [4.78, 5) is 0. The first-order chi connectivity index (χ1) is 12.1. The molecule has 0 saturated carbocycles. The zero-order valence-electron chi connectivity index (χ0n) is 14.1. The van der Waals surface area contributed by atoms with Gasteiger partial charge in [-0.1, -0.05) is 91.0 Å². The van der Waals surface area contributed by atoms with Crippen LogP contribution in [0.1, 0.15) is 23.6 Å². The second kappa shape index (κ2) is 7.60. The Morgan fingerprint density at radius 2 is 1.08 bits per heavy atom. The van der Waals surface area contributed by atoms with Crippen LogP contribution in [0.5, 0.6) is 0 Å². The highest BCUT2D eigenvalue weighted by Gasteiger charge is 2.37. The van der Waals surface area contributed by atoms with Crippen molar-refractivity contribution in [2.24, 2.45) is 0 Å². The van der Waals surface area contributed by atoms with Crippen LogP contribution in [-0.2, 0) is 5.54 Å². The third-order valence-corrected chi connectivity index (χ3v) is 4.78. The van der Waals surface area contributed by atoms with E-state index < -0.39 is 5.54 Å². The lowest BCUT2D eigenvalue weighted by Crippen LogP contribution is -2.51.